The van der Waals surface area contributed by atoms with E-state index in [2.05, 4.69) is 0 Å². The Kier molecular flexibility index (Phi) is 4.47. The van der Waals surface area contributed by atoms with Crippen LogP contribution >= 0.6 is 0 Å². The normalized spacial score (nSPS) is 24.2. The smallest absolute Gasteiger partial charge is 0.227 e. The predicted octanol–water partition coefficient (Wildman–Crippen LogP) is 1.80. The largest absolute Gasteiger partial charge is 0.377 e. The van der Waals surface area contributed by atoms with Gasteiger partial charge in [0.15, 0.2) is 9.84 Å². The van der Waals surface area contributed by atoms with E-state index in [4.69, 9.17) is 4.74 Å². The summed E-state index contributed by atoms with van der Waals surface area (Å²) >= 11 is 0. The van der Waals surface area contributed by atoms with E-state index in [0.29, 0.717) is 24.5 Å². The lowest BCUT2D eigenvalue weighted by Crippen LogP contribution is -2.49. The van der Waals surface area contributed by atoms with Crippen molar-refractivity contribution in [3.8, 4) is 0 Å². The van der Waals surface area contributed by atoms with E-state index >= 15 is 0 Å². The van der Waals surface area contributed by atoms with Crippen molar-refractivity contribution in [2.24, 2.45) is 0 Å². The second-order valence-corrected chi connectivity index (χ2v) is 9.14. The molecule has 0 saturated carbocycles. The van der Waals surface area contributed by atoms with Crippen LogP contribution in [0.25, 0.3) is 0 Å². The Labute approximate surface area is 137 Å². The maximum atomic E-state index is 12.6. The topological polar surface area (TPSA) is 63.7 Å². The molecule has 2 aliphatic rings. The zero-order chi connectivity index (χ0) is 16.6. The molecule has 1 amide bonds. The van der Waals surface area contributed by atoms with Crippen LogP contribution in [-0.4, -0.2) is 49.8 Å². The maximum absolute atomic E-state index is 12.6. The minimum absolute atomic E-state index is 0.111. The number of hydrogen-bond acceptors (Lipinski definition) is 4. The summed E-state index contributed by atoms with van der Waals surface area (Å²) in [5.74, 6) is 0.111. The maximum Gasteiger partial charge on any atom is 0.227 e. The van der Waals surface area contributed by atoms with Crippen molar-refractivity contribution in [2.45, 2.75) is 55.3 Å². The molecule has 0 radical (unpaired) electrons. The summed E-state index contributed by atoms with van der Waals surface area (Å²) in [5.41, 5.74) is 0.851. The first-order valence-electron chi connectivity index (χ1n) is 8.11. The van der Waals surface area contributed by atoms with Crippen molar-refractivity contribution in [2.75, 3.05) is 13.2 Å². The van der Waals surface area contributed by atoms with Crippen molar-refractivity contribution >= 4 is 15.7 Å². The number of carbonyl (C=O) groups excluding carboxylic acids is 1. The molecular formula is C17H23NO4S. The lowest BCUT2D eigenvalue weighted by Gasteiger charge is -2.34. The number of fused-ring (bicyclic) bond motifs is 2. The number of morpholine rings is 1. The van der Waals surface area contributed by atoms with Gasteiger partial charge in [-0.15, -0.1) is 0 Å². The fourth-order valence-electron chi connectivity index (χ4n) is 3.37. The number of ether oxygens (including phenoxy) is 1. The Bertz CT molecular complexity index is 665. The van der Waals surface area contributed by atoms with E-state index in [1.165, 1.54) is 0 Å². The lowest BCUT2D eigenvalue weighted by molar-refractivity contribution is -0.140. The molecule has 2 heterocycles. The first-order chi connectivity index (χ1) is 10.9. The van der Waals surface area contributed by atoms with E-state index in [1.54, 1.807) is 38.1 Å². The van der Waals surface area contributed by atoms with Crippen LogP contribution in [0.5, 0.6) is 0 Å². The van der Waals surface area contributed by atoms with Crippen LogP contribution in [0.15, 0.2) is 29.2 Å². The van der Waals surface area contributed by atoms with Gasteiger partial charge in [-0.25, -0.2) is 8.42 Å². The van der Waals surface area contributed by atoms with Gasteiger partial charge in [0.25, 0.3) is 0 Å². The third-order valence-corrected chi connectivity index (χ3v) is 6.93. The Hall–Kier alpha value is -1.40. The molecule has 2 atom stereocenters. The molecule has 2 bridgehead atoms. The average Bonchev–Trinajstić information content (AvgIpc) is 2.77. The highest BCUT2D eigenvalue weighted by molar-refractivity contribution is 7.92. The molecule has 1 aromatic rings. The Morgan fingerprint density at radius 2 is 1.74 bits per heavy atom. The summed E-state index contributed by atoms with van der Waals surface area (Å²) in [6, 6.07) is 7.12. The molecule has 2 unspecified atom stereocenters. The van der Waals surface area contributed by atoms with Gasteiger partial charge in [0.1, 0.15) is 0 Å². The van der Waals surface area contributed by atoms with Crippen LogP contribution in [-0.2, 0) is 25.8 Å². The zero-order valence-corrected chi connectivity index (χ0v) is 14.4. The number of benzene rings is 1. The molecule has 0 aromatic heterocycles. The van der Waals surface area contributed by atoms with E-state index in [0.717, 1.165) is 18.4 Å². The van der Waals surface area contributed by atoms with Crippen molar-refractivity contribution in [1.29, 1.82) is 0 Å². The quantitative estimate of drug-likeness (QED) is 0.840. The number of sulfone groups is 1. The van der Waals surface area contributed by atoms with Gasteiger partial charge in [-0.3, -0.25) is 4.79 Å². The van der Waals surface area contributed by atoms with Crippen LogP contribution in [0.3, 0.4) is 0 Å². The standard InChI is InChI=1S/C17H23NO4S/c1-12(2)23(20,21)16-7-3-13(4-8-16)9-17(19)18-14-5-6-15(18)11-22-10-14/h3-4,7-8,12,14-15H,5-6,9-11H2,1-2H3. The predicted molar refractivity (Wildman–Crippen MR) is 86.9 cm³/mol. The summed E-state index contributed by atoms with van der Waals surface area (Å²) in [6.07, 6.45) is 2.35. The molecule has 2 saturated heterocycles. The average molecular weight is 337 g/mol. The molecule has 0 aliphatic carbocycles. The molecule has 0 N–H and O–H groups in total. The Morgan fingerprint density at radius 1 is 1.17 bits per heavy atom. The minimum atomic E-state index is -3.26. The Balaban J connectivity index is 1.70. The second-order valence-electron chi connectivity index (χ2n) is 6.64. The third-order valence-electron chi connectivity index (χ3n) is 4.76. The number of amides is 1. The van der Waals surface area contributed by atoms with Crippen LogP contribution in [0.1, 0.15) is 32.3 Å². The fourth-order valence-corrected chi connectivity index (χ4v) is 4.43. The summed E-state index contributed by atoms with van der Waals surface area (Å²) in [5, 5.41) is -0.445. The highest BCUT2D eigenvalue weighted by Gasteiger charge is 2.39. The molecular weight excluding hydrogens is 314 g/mol. The van der Waals surface area contributed by atoms with E-state index < -0.39 is 15.1 Å². The van der Waals surface area contributed by atoms with Crippen LogP contribution in [0.2, 0.25) is 0 Å². The monoisotopic (exact) mass is 337 g/mol. The second kappa shape index (κ2) is 6.24. The van der Waals surface area contributed by atoms with Gasteiger partial charge in [-0.05, 0) is 44.4 Å². The SMILES string of the molecule is CC(C)S(=O)(=O)c1ccc(CC(=O)N2C3CCC2COC3)cc1. The molecule has 3 rings (SSSR count). The van der Waals surface area contributed by atoms with Gasteiger partial charge < -0.3 is 9.64 Å². The van der Waals surface area contributed by atoms with E-state index in [1.807, 2.05) is 4.90 Å². The molecule has 2 fully saturated rings. The van der Waals surface area contributed by atoms with E-state index in [-0.39, 0.29) is 18.0 Å². The number of nitrogens with zero attached hydrogens (tertiary/aromatic N) is 1. The molecule has 23 heavy (non-hydrogen) atoms. The lowest BCUT2D eigenvalue weighted by atomic mass is 10.1. The Morgan fingerprint density at radius 3 is 2.26 bits per heavy atom. The fraction of sp³-hybridized carbons (Fsp3) is 0.588. The summed E-state index contributed by atoms with van der Waals surface area (Å²) in [6.45, 7) is 4.60. The third kappa shape index (κ3) is 3.15. The molecule has 2 aliphatic heterocycles. The van der Waals surface area contributed by atoms with Crippen LogP contribution in [0, 0.1) is 0 Å². The zero-order valence-electron chi connectivity index (χ0n) is 13.6. The van der Waals surface area contributed by atoms with Crippen molar-refractivity contribution in [3.05, 3.63) is 29.8 Å². The van der Waals surface area contributed by atoms with Crippen molar-refractivity contribution < 1.29 is 17.9 Å². The van der Waals surface area contributed by atoms with E-state index in [9.17, 15) is 13.2 Å². The highest BCUT2D eigenvalue weighted by Crippen LogP contribution is 2.29. The number of carbonyl (C=O) groups is 1. The molecule has 1 aromatic carbocycles. The molecule has 126 valence electrons. The van der Waals surface area contributed by atoms with Gasteiger partial charge in [0.05, 0.1) is 41.9 Å². The minimum Gasteiger partial charge on any atom is -0.377 e. The highest BCUT2D eigenvalue weighted by atomic mass is 32.2. The summed E-state index contributed by atoms with van der Waals surface area (Å²) < 4.78 is 29.7. The van der Waals surface area contributed by atoms with Crippen molar-refractivity contribution in [1.82, 2.24) is 4.90 Å². The molecule has 6 heteroatoms. The van der Waals surface area contributed by atoms with Gasteiger partial charge in [-0.1, -0.05) is 12.1 Å². The van der Waals surface area contributed by atoms with Gasteiger partial charge in [0.2, 0.25) is 5.91 Å². The molecule has 0 spiro atoms. The van der Waals surface area contributed by atoms with Gasteiger partial charge in [0, 0.05) is 0 Å². The van der Waals surface area contributed by atoms with Crippen LogP contribution in [0.4, 0.5) is 0 Å². The van der Waals surface area contributed by atoms with Crippen LogP contribution < -0.4 is 0 Å². The molecule has 5 nitrogen and oxygen atoms in total. The summed E-state index contributed by atoms with van der Waals surface area (Å²) in [4.78, 5) is 14.9. The van der Waals surface area contributed by atoms with Gasteiger partial charge in [-0.2, -0.15) is 0 Å². The number of hydrogen-bond donors (Lipinski definition) is 0. The summed E-state index contributed by atoms with van der Waals surface area (Å²) in [7, 11) is -3.26. The first-order valence-corrected chi connectivity index (χ1v) is 9.66. The van der Waals surface area contributed by atoms with Gasteiger partial charge >= 0.3 is 0 Å². The van der Waals surface area contributed by atoms with Crippen molar-refractivity contribution in [3.63, 3.8) is 0 Å². The first kappa shape index (κ1) is 16.5. The number of rotatable bonds is 4.